The van der Waals surface area contributed by atoms with Crippen LogP contribution in [0.1, 0.15) is 15.9 Å². The lowest BCUT2D eigenvalue weighted by Gasteiger charge is -2.11. The van der Waals surface area contributed by atoms with Crippen molar-refractivity contribution in [3.63, 3.8) is 0 Å². The summed E-state index contributed by atoms with van der Waals surface area (Å²) in [5.74, 6) is -0.512. The average molecular weight is 707 g/mol. The predicted molar refractivity (Wildman–Crippen MR) is 154 cm³/mol. The van der Waals surface area contributed by atoms with Crippen molar-refractivity contribution in [3.8, 4) is 5.75 Å². The molecule has 9 heteroatoms. The van der Waals surface area contributed by atoms with Crippen molar-refractivity contribution in [2.75, 3.05) is 11.9 Å². The smallest absolute Gasteiger partial charge is 0.344 e. The van der Waals surface area contributed by atoms with Crippen LogP contribution in [0, 0.1) is 3.57 Å². The van der Waals surface area contributed by atoms with Crippen molar-refractivity contribution >= 4 is 89.0 Å². The van der Waals surface area contributed by atoms with Gasteiger partial charge in [-0.05, 0) is 85.7 Å². The number of hydrogen-bond donors (Lipinski definition) is 2. The fourth-order valence-corrected chi connectivity index (χ4v) is 5.20. The third kappa shape index (κ3) is 6.68. The van der Waals surface area contributed by atoms with Crippen LogP contribution in [0.15, 0.2) is 92.9 Å². The van der Waals surface area contributed by atoms with Crippen molar-refractivity contribution in [2.24, 2.45) is 5.10 Å². The van der Waals surface area contributed by atoms with Gasteiger partial charge in [-0.2, -0.15) is 5.10 Å². The van der Waals surface area contributed by atoms with Crippen LogP contribution in [0.2, 0.25) is 0 Å². The first-order valence-electron chi connectivity index (χ1n) is 10.4. The Labute approximate surface area is 232 Å². The van der Waals surface area contributed by atoms with Crippen LogP contribution >= 0.6 is 54.5 Å². The molecule has 2 N–H and O–H groups in total. The van der Waals surface area contributed by atoms with Crippen LogP contribution in [0.5, 0.6) is 5.75 Å². The van der Waals surface area contributed by atoms with E-state index in [2.05, 4.69) is 70.3 Å². The van der Waals surface area contributed by atoms with E-state index < -0.39 is 5.97 Å². The van der Waals surface area contributed by atoms with Gasteiger partial charge in [0, 0.05) is 19.3 Å². The SMILES string of the molecule is O=C(CNc1ccc2ccccc2c1)NN=Cc1cc(Br)cc(Br)c1OC(=O)c1ccccc1I. The highest BCUT2D eigenvalue weighted by Gasteiger charge is 2.17. The number of nitrogens with one attached hydrogen (secondary N) is 2. The van der Waals surface area contributed by atoms with Gasteiger partial charge in [0.1, 0.15) is 0 Å². The van der Waals surface area contributed by atoms with Gasteiger partial charge in [-0.1, -0.05) is 58.4 Å². The quantitative estimate of drug-likeness (QED) is 0.0733. The van der Waals surface area contributed by atoms with E-state index in [4.69, 9.17) is 4.74 Å². The second-order valence-corrected chi connectivity index (χ2v) is 10.3. The molecular weight excluding hydrogens is 689 g/mol. The standard InChI is InChI=1S/C26H18Br2IN3O3/c27-19-11-18(25(22(28)13-19)35-26(34)21-7-3-4-8-23(21)29)14-31-32-24(33)15-30-20-10-9-16-5-1-2-6-17(16)12-20/h1-14,30H,15H2,(H,32,33). The largest absolute Gasteiger partial charge is 0.421 e. The van der Waals surface area contributed by atoms with E-state index in [-0.39, 0.29) is 12.5 Å². The normalized spacial score (nSPS) is 10.9. The summed E-state index contributed by atoms with van der Waals surface area (Å²) < 4.78 is 7.77. The first-order chi connectivity index (χ1) is 16.9. The van der Waals surface area contributed by atoms with Crippen molar-refractivity contribution < 1.29 is 14.3 Å². The van der Waals surface area contributed by atoms with Crippen molar-refractivity contribution in [1.82, 2.24) is 5.43 Å². The van der Waals surface area contributed by atoms with E-state index in [0.717, 1.165) is 24.5 Å². The molecule has 0 aromatic heterocycles. The molecule has 4 aromatic carbocycles. The van der Waals surface area contributed by atoms with E-state index in [0.29, 0.717) is 21.3 Å². The number of esters is 1. The lowest BCUT2D eigenvalue weighted by atomic mass is 10.1. The van der Waals surface area contributed by atoms with E-state index in [1.807, 2.05) is 54.6 Å². The van der Waals surface area contributed by atoms with Crippen LogP contribution < -0.4 is 15.5 Å². The Hall–Kier alpha value is -2.76. The third-order valence-electron chi connectivity index (χ3n) is 4.92. The fourth-order valence-electron chi connectivity index (χ4n) is 3.25. The minimum Gasteiger partial charge on any atom is -0.421 e. The van der Waals surface area contributed by atoms with Crippen molar-refractivity contribution in [3.05, 3.63) is 103 Å². The molecule has 0 bridgehead atoms. The number of rotatable bonds is 7. The maximum absolute atomic E-state index is 12.7. The summed E-state index contributed by atoms with van der Waals surface area (Å²) >= 11 is 8.95. The van der Waals surface area contributed by atoms with Gasteiger partial charge in [0.15, 0.2) is 5.75 Å². The number of fused-ring (bicyclic) bond motifs is 1. The Morgan fingerprint density at radius 3 is 2.49 bits per heavy atom. The molecule has 1 amide bonds. The lowest BCUT2D eigenvalue weighted by Crippen LogP contribution is -2.25. The molecule has 0 unspecified atom stereocenters. The molecule has 0 fully saturated rings. The summed E-state index contributed by atoms with van der Waals surface area (Å²) in [7, 11) is 0. The topological polar surface area (TPSA) is 79.8 Å². The summed E-state index contributed by atoms with van der Waals surface area (Å²) in [6, 6.07) is 24.6. The molecule has 4 aromatic rings. The van der Waals surface area contributed by atoms with Gasteiger partial charge in [0.25, 0.3) is 5.91 Å². The van der Waals surface area contributed by atoms with E-state index in [9.17, 15) is 9.59 Å². The lowest BCUT2D eigenvalue weighted by molar-refractivity contribution is -0.119. The molecule has 0 radical (unpaired) electrons. The zero-order valence-corrected chi connectivity index (χ0v) is 23.4. The van der Waals surface area contributed by atoms with E-state index in [1.54, 1.807) is 24.3 Å². The van der Waals surface area contributed by atoms with Gasteiger partial charge in [-0.25, -0.2) is 10.2 Å². The maximum atomic E-state index is 12.7. The number of hydrogen-bond acceptors (Lipinski definition) is 5. The Balaban J connectivity index is 1.41. The highest BCUT2D eigenvalue weighted by atomic mass is 127. The first kappa shape index (κ1) is 25.3. The molecular formula is C26H18Br2IN3O3. The number of anilines is 1. The molecule has 0 atom stereocenters. The molecule has 0 saturated heterocycles. The third-order valence-corrected chi connectivity index (χ3v) is 6.91. The zero-order valence-electron chi connectivity index (χ0n) is 18.1. The fraction of sp³-hybridized carbons (Fsp3) is 0.0385. The maximum Gasteiger partial charge on any atom is 0.344 e. The molecule has 0 aliphatic heterocycles. The number of hydrazone groups is 1. The van der Waals surface area contributed by atoms with Crippen molar-refractivity contribution in [2.45, 2.75) is 0 Å². The van der Waals surface area contributed by atoms with Gasteiger partial charge in [-0.3, -0.25) is 4.79 Å². The monoisotopic (exact) mass is 705 g/mol. The second kappa shape index (κ2) is 11.8. The highest BCUT2D eigenvalue weighted by Crippen LogP contribution is 2.33. The molecule has 4 rings (SSSR count). The van der Waals surface area contributed by atoms with Crippen LogP contribution in [0.3, 0.4) is 0 Å². The molecule has 0 saturated carbocycles. The van der Waals surface area contributed by atoms with Crippen LogP contribution in [-0.2, 0) is 4.79 Å². The molecule has 0 heterocycles. The number of halogens is 3. The summed E-state index contributed by atoms with van der Waals surface area (Å²) in [5.41, 5.74) is 4.30. The number of ether oxygens (including phenoxy) is 1. The van der Waals surface area contributed by atoms with Crippen LogP contribution in [0.4, 0.5) is 5.69 Å². The van der Waals surface area contributed by atoms with E-state index in [1.165, 1.54) is 6.21 Å². The number of benzene rings is 4. The minimum absolute atomic E-state index is 0.0478. The summed E-state index contributed by atoms with van der Waals surface area (Å²) in [5, 5.41) is 9.36. The average Bonchev–Trinajstić information content (AvgIpc) is 2.84. The Morgan fingerprint density at radius 2 is 1.69 bits per heavy atom. The summed E-state index contributed by atoms with van der Waals surface area (Å²) in [6.45, 7) is 0.0478. The second-order valence-electron chi connectivity index (χ2n) is 7.38. The Bertz CT molecular complexity index is 1440. The molecule has 0 aliphatic rings. The number of carbonyl (C=O) groups excluding carboxylic acids is 2. The molecule has 6 nitrogen and oxygen atoms in total. The molecule has 35 heavy (non-hydrogen) atoms. The Morgan fingerprint density at radius 1 is 0.943 bits per heavy atom. The van der Waals surface area contributed by atoms with Gasteiger partial charge in [-0.15, -0.1) is 0 Å². The molecule has 176 valence electrons. The minimum atomic E-state index is -0.490. The summed E-state index contributed by atoms with van der Waals surface area (Å²) in [6.07, 6.45) is 1.43. The van der Waals surface area contributed by atoms with Crippen molar-refractivity contribution in [1.29, 1.82) is 0 Å². The highest BCUT2D eigenvalue weighted by molar-refractivity contribution is 14.1. The van der Waals surface area contributed by atoms with Gasteiger partial charge < -0.3 is 10.1 Å². The van der Waals surface area contributed by atoms with Gasteiger partial charge >= 0.3 is 5.97 Å². The van der Waals surface area contributed by atoms with E-state index >= 15 is 0 Å². The Kier molecular flexibility index (Phi) is 8.53. The summed E-state index contributed by atoms with van der Waals surface area (Å²) in [4.78, 5) is 25.0. The molecule has 0 aliphatic carbocycles. The zero-order chi connectivity index (χ0) is 24.8. The first-order valence-corrected chi connectivity index (χ1v) is 13.1. The number of carbonyl (C=O) groups is 2. The van der Waals surface area contributed by atoms with Gasteiger partial charge in [0.05, 0.1) is 22.8 Å². The van der Waals surface area contributed by atoms with Crippen LogP contribution in [0.25, 0.3) is 10.8 Å². The number of amides is 1. The van der Waals surface area contributed by atoms with Crippen LogP contribution in [-0.4, -0.2) is 24.6 Å². The molecule has 0 spiro atoms. The number of nitrogens with zero attached hydrogens (tertiary/aromatic N) is 1. The van der Waals surface area contributed by atoms with Gasteiger partial charge in [0.2, 0.25) is 0 Å². The predicted octanol–water partition coefficient (Wildman–Crippen LogP) is 6.75.